The van der Waals surface area contributed by atoms with Crippen LogP contribution in [0.1, 0.15) is 37.3 Å². The van der Waals surface area contributed by atoms with E-state index in [-0.39, 0.29) is 0 Å². The van der Waals surface area contributed by atoms with E-state index in [4.69, 9.17) is 4.74 Å². The van der Waals surface area contributed by atoms with Crippen LogP contribution in [0.3, 0.4) is 0 Å². The maximum Gasteiger partial charge on any atom is 0.120 e. The quantitative estimate of drug-likeness (QED) is 0.910. The van der Waals surface area contributed by atoms with Gasteiger partial charge in [-0.05, 0) is 43.5 Å². The molecule has 1 aromatic rings. The number of nitrogens with one attached hydrogen (secondary N) is 1. The van der Waals surface area contributed by atoms with Crippen molar-refractivity contribution in [2.75, 3.05) is 14.2 Å². The second-order valence-electron chi connectivity index (χ2n) is 4.70. The molecule has 0 amide bonds. The Hall–Kier alpha value is -0.540. The van der Waals surface area contributed by atoms with E-state index < -0.39 is 0 Å². The zero-order valence-electron chi connectivity index (χ0n) is 10.5. The van der Waals surface area contributed by atoms with Gasteiger partial charge in [0, 0.05) is 10.5 Å². The van der Waals surface area contributed by atoms with E-state index in [1.807, 2.05) is 6.07 Å². The van der Waals surface area contributed by atoms with Crippen molar-refractivity contribution >= 4 is 15.9 Å². The fourth-order valence-electron chi connectivity index (χ4n) is 2.82. The lowest BCUT2D eigenvalue weighted by atomic mass is 9.92. The molecule has 1 aliphatic carbocycles. The first kappa shape index (κ1) is 12.9. The van der Waals surface area contributed by atoms with E-state index in [9.17, 15) is 0 Å². The third-order valence-corrected chi connectivity index (χ3v) is 4.41. The number of ether oxygens (including phenoxy) is 1. The third-order valence-electron chi connectivity index (χ3n) is 3.72. The zero-order chi connectivity index (χ0) is 12.3. The van der Waals surface area contributed by atoms with Gasteiger partial charge in [0.2, 0.25) is 0 Å². The van der Waals surface area contributed by atoms with Gasteiger partial charge >= 0.3 is 0 Å². The Bertz CT molecular complexity index is 374. The van der Waals surface area contributed by atoms with Crippen molar-refractivity contribution in [2.24, 2.45) is 5.92 Å². The Kier molecular flexibility index (Phi) is 4.46. The van der Waals surface area contributed by atoms with Gasteiger partial charge < -0.3 is 10.1 Å². The molecule has 0 bridgehead atoms. The summed E-state index contributed by atoms with van der Waals surface area (Å²) in [7, 11) is 3.76. The van der Waals surface area contributed by atoms with Crippen molar-refractivity contribution in [3.05, 3.63) is 28.2 Å². The van der Waals surface area contributed by atoms with E-state index in [0.717, 1.165) is 16.1 Å². The molecular weight excluding hydrogens is 278 g/mol. The van der Waals surface area contributed by atoms with Crippen LogP contribution in [0.25, 0.3) is 0 Å². The average Bonchev–Trinajstić information content (AvgIpc) is 2.85. The minimum absolute atomic E-state index is 0.456. The Morgan fingerprint density at radius 3 is 2.59 bits per heavy atom. The van der Waals surface area contributed by atoms with Gasteiger partial charge in [-0.15, -0.1) is 0 Å². The van der Waals surface area contributed by atoms with Crippen LogP contribution in [0.2, 0.25) is 0 Å². The predicted molar refractivity (Wildman–Crippen MR) is 74.5 cm³/mol. The molecule has 0 aromatic heterocycles. The summed E-state index contributed by atoms with van der Waals surface area (Å²) >= 11 is 3.66. The highest BCUT2D eigenvalue weighted by Crippen LogP contribution is 2.38. The molecule has 17 heavy (non-hydrogen) atoms. The standard InChI is InChI=1S/C14H20BrNO/c1-16-14(10-5-3-4-6-10)12-8-7-11(17-2)9-13(12)15/h7-10,14,16H,3-6H2,1-2H3. The normalized spacial score (nSPS) is 18.3. The highest BCUT2D eigenvalue weighted by molar-refractivity contribution is 9.10. The van der Waals surface area contributed by atoms with Crippen molar-refractivity contribution in [3.8, 4) is 5.75 Å². The molecule has 94 valence electrons. The Morgan fingerprint density at radius 2 is 2.06 bits per heavy atom. The number of hydrogen-bond donors (Lipinski definition) is 1. The van der Waals surface area contributed by atoms with Crippen LogP contribution in [-0.4, -0.2) is 14.2 Å². The van der Waals surface area contributed by atoms with Gasteiger partial charge in [0.05, 0.1) is 7.11 Å². The molecule has 0 saturated heterocycles. The third kappa shape index (κ3) is 2.83. The maximum atomic E-state index is 5.24. The zero-order valence-corrected chi connectivity index (χ0v) is 12.1. The number of halogens is 1. The van der Waals surface area contributed by atoms with Crippen LogP contribution in [0, 0.1) is 5.92 Å². The molecule has 1 N–H and O–H groups in total. The molecule has 3 heteroatoms. The minimum atomic E-state index is 0.456. The largest absolute Gasteiger partial charge is 0.497 e. The molecule has 0 heterocycles. The molecule has 1 atom stereocenters. The fourth-order valence-corrected chi connectivity index (χ4v) is 3.43. The van der Waals surface area contributed by atoms with Gasteiger partial charge in [0.1, 0.15) is 5.75 Å². The van der Waals surface area contributed by atoms with E-state index in [1.54, 1.807) is 7.11 Å². The summed E-state index contributed by atoms with van der Waals surface area (Å²) in [4.78, 5) is 0. The molecule has 0 radical (unpaired) electrons. The Balaban J connectivity index is 2.23. The first-order valence-corrected chi connectivity index (χ1v) is 7.06. The monoisotopic (exact) mass is 297 g/mol. The van der Waals surface area contributed by atoms with Gasteiger partial charge in [-0.3, -0.25) is 0 Å². The molecule has 1 saturated carbocycles. The van der Waals surface area contributed by atoms with E-state index in [0.29, 0.717) is 6.04 Å². The van der Waals surface area contributed by atoms with Crippen LogP contribution < -0.4 is 10.1 Å². The van der Waals surface area contributed by atoms with Crippen molar-refractivity contribution in [1.29, 1.82) is 0 Å². The molecule has 0 spiro atoms. The predicted octanol–water partition coefficient (Wildman–Crippen LogP) is 3.91. The van der Waals surface area contributed by atoms with Gasteiger partial charge in [0.25, 0.3) is 0 Å². The summed E-state index contributed by atoms with van der Waals surface area (Å²) in [6, 6.07) is 6.72. The smallest absolute Gasteiger partial charge is 0.120 e. The molecular formula is C14H20BrNO. The first-order chi connectivity index (χ1) is 8.26. The second kappa shape index (κ2) is 5.87. The Morgan fingerprint density at radius 1 is 1.35 bits per heavy atom. The topological polar surface area (TPSA) is 21.3 Å². The van der Waals surface area contributed by atoms with Crippen molar-refractivity contribution < 1.29 is 4.74 Å². The molecule has 1 fully saturated rings. The van der Waals surface area contributed by atoms with Crippen molar-refractivity contribution in [3.63, 3.8) is 0 Å². The van der Waals surface area contributed by atoms with Gasteiger partial charge in [-0.25, -0.2) is 0 Å². The summed E-state index contributed by atoms with van der Waals surface area (Å²) in [5, 5.41) is 3.47. The minimum Gasteiger partial charge on any atom is -0.497 e. The van der Waals surface area contributed by atoms with Crippen LogP contribution >= 0.6 is 15.9 Å². The molecule has 1 unspecified atom stereocenters. The molecule has 1 aromatic carbocycles. The van der Waals surface area contributed by atoms with Gasteiger partial charge in [-0.1, -0.05) is 34.8 Å². The molecule has 2 rings (SSSR count). The van der Waals surface area contributed by atoms with E-state index >= 15 is 0 Å². The average molecular weight is 298 g/mol. The van der Waals surface area contributed by atoms with Crippen LogP contribution in [-0.2, 0) is 0 Å². The maximum absolute atomic E-state index is 5.24. The van der Waals surface area contributed by atoms with Crippen molar-refractivity contribution in [1.82, 2.24) is 5.32 Å². The lowest BCUT2D eigenvalue weighted by Crippen LogP contribution is -2.23. The van der Waals surface area contributed by atoms with Crippen molar-refractivity contribution in [2.45, 2.75) is 31.7 Å². The lowest BCUT2D eigenvalue weighted by Gasteiger charge is -2.24. The van der Waals surface area contributed by atoms with Crippen LogP contribution in [0.15, 0.2) is 22.7 Å². The summed E-state index contributed by atoms with van der Waals surface area (Å²) in [6.07, 6.45) is 5.42. The van der Waals surface area contributed by atoms with E-state index in [2.05, 4.69) is 40.4 Å². The number of benzene rings is 1. The SMILES string of the molecule is CNC(c1ccc(OC)cc1Br)C1CCCC1. The van der Waals surface area contributed by atoms with Crippen LogP contribution in [0.5, 0.6) is 5.75 Å². The number of methoxy groups -OCH3 is 1. The van der Waals surface area contributed by atoms with Crippen LogP contribution in [0.4, 0.5) is 0 Å². The van der Waals surface area contributed by atoms with Gasteiger partial charge in [-0.2, -0.15) is 0 Å². The lowest BCUT2D eigenvalue weighted by molar-refractivity contribution is 0.387. The Labute approximate surface area is 112 Å². The first-order valence-electron chi connectivity index (χ1n) is 6.27. The molecule has 0 aliphatic heterocycles. The molecule has 2 nitrogen and oxygen atoms in total. The molecule has 1 aliphatic rings. The highest BCUT2D eigenvalue weighted by Gasteiger charge is 2.26. The summed E-state index contributed by atoms with van der Waals surface area (Å²) < 4.78 is 6.38. The summed E-state index contributed by atoms with van der Waals surface area (Å²) in [5.41, 5.74) is 1.35. The second-order valence-corrected chi connectivity index (χ2v) is 5.55. The summed E-state index contributed by atoms with van der Waals surface area (Å²) in [6.45, 7) is 0. The fraction of sp³-hybridized carbons (Fsp3) is 0.571. The van der Waals surface area contributed by atoms with E-state index in [1.165, 1.54) is 31.2 Å². The highest BCUT2D eigenvalue weighted by atomic mass is 79.9. The van der Waals surface area contributed by atoms with Gasteiger partial charge in [0.15, 0.2) is 0 Å². The number of hydrogen-bond acceptors (Lipinski definition) is 2. The summed E-state index contributed by atoms with van der Waals surface area (Å²) in [5.74, 6) is 1.67. The number of rotatable bonds is 4.